The summed E-state index contributed by atoms with van der Waals surface area (Å²) in [4.78, 5) is 7.00. The molecule has 1 atom stereocenters. The number of aromatic nitrogens is 2. The third-order valence-electron chi connectivity index (χ3n) is 3.44. The molecule has 0 spiro atoms. The van der Waals surface area contributed by atoms with Crippen molar-refractivity contribution in [2.75, 3.05) is 26.2 Å². The van der Waals surface area contributed by atoms with Crippen LogP contribution in [0.25, 0.3) is 0 Å². The summed E-state index contributed by atoms with van der Waals surface area (Å²) in [5.74, 6) is 1.22. The highest BCUT2D eigenvalue weighted by Crippen LogP contribution is 2.18. The Labute approximate surface area is 90.3 Å². The lowest BCUT2D eigenvalue weighted by Crippen LogP contribution is -2.40. The summed E-state index contributed by atoms with van der Waals surface area (Å²) < 4.78 is 2.28. The molecule has 1 unspecified atom stereocenters. The zero-order valence-corrected chi connectivity index (χ0v) is 9.02. The van der Waals surface area contributed by atoms with Gasteiger partial charge in [0.2, 0.25) is 0 Å². The zero-order valence-electron chi connectivity index (χ0n) is 9.02. The number of likely N-dealkylation sites (tertiary alicyclic amines) is 1. The van der Waals surface area contributed by atoms with Crippen molar-refractivity contribution in [3.05, 3.63) is 18.2 Å². The lowest BCUT2D eigenvalue weighted by molar-refractivity contribution is 0.268. The summed E-state index contributed by atoms with van der Waals surface area (Å²) in [5.41, 5.74) is 0. The van der Waals surface area contributed by atoms with E-state index in [0.717, 1.165) is 19.6 Å². The van der Waals surface area contributed by atoms with Crippen LogP contribution < -0.4 is 5.32 Å². The van der Waals surface area contributed by atoms with Gasteiger partial charge in [0.25, 0.3) is 0 Å². The summed E-state index contributed by atoms with van der Waals surface area (Å²) in [6.45, 7) is 5.78. The van der Waals surface area contributed by atoms with E-state index in [-0.39, 0.29) is 0 Å². The minimum absolute atomic E-state index is 0.437. The van der Waals surface area contributed by atoms with Gasteiger partial charge in [-0.15, -0.1) is 0 Å². The lowest BCUT2D eigenvalue weighted by atomic mass is 10.2. The van der Waals surface area contributed by atoms with Crippen molar-refractivity contribution in [3.8, 4) is 0 Å². The van der Waals surface area contributed by atoms with Crippen molar-refractivity contribution in [1.29, 1.82) is 0 Å². The molecule has 82 valence electrons. The summed E-state index contributed by atoms with van der Waals surface area (Å²) in [6.07, 6.45) is 6.73. The first-order valence-corrected chi connectivity index (χ1v) is 5.90. The number of hydrogen-bond donors (Lipinski definition) is 1. The van der Waals surface area contributed by atoms with Gasteiger partial charge in [0.15, 0.2) is 0 Å². The van der Waals surface area contributed by atoms with Gasteiger partial charge in [-0.2, -0.15) is 0 Å². The monoisotopic (exact) mass is 206 g/mol. The number of rotatable bonds is 2. The number of hydrogen-bond acceptors (Lipinski definition) is 3. The molecule has 3 rings (SSSR count). The molecule has 1 aromatic heterocycles. The summed E-state index contributed by atoms with van der Waals surface area (Å²) >= 11 is 0. The van der Waals surface area contributed by atoms with Gasteiger partial charge in [0.05, 0.1) is 6.04 Å². The van der Waals surface area contributed by atoms with Gasteiger partial charge in [0, 0.05) is 32.0 Å². The maximum atomic E-state index is 4.45. The molecule has 1 aromatic rings. The van der Waals surface area contributed by atoms with Crippen molar-refractivity contribution in [2.45, 2.75) is 25.4 Å². The van der Waals surface area contributed by atoms with E-state index >= 15 is 0 Å². The minimum Gasteiger partial charge on any atom is -0.332 e. The smallest absolute Gasteiger partial charge is 0.127 e. The third kappa shape index (κ3) is 1.79. The van der Waals surface area contributed by atoms with E-state index in [1.807, 2.05) is 6.20 Å². The highest BCUT2D eigenvalue weighted by Gasteiger charge is 2.24. The molecule has 2 aliphatic heterocycles. The largest absolute Gasteiger partial charge is 0.332 e. The van der Waals surface area contributed by atoms with Crippen molar-refractivity contribution >= 4 is 0 Å². The summed E-state index contributed by atoms with van der Waals surface area (Å²) in [7, 11) is 0. The third-order valence-corrected chi connectivity index (χ3v) is 3.44. The molecule has 15 heavy (non-hydrogen) atoms. The van der Waals surface area contributed by atoms with E-state index in [2.05, 4.69) is 26.0 Å². The summed E-state index contributed by atoms with van der Waals surface area (Å²) in [6, 6.07) is 0.437. The first-order chi connectivity index (χ1) is 7.43. The quantitative estimate of drug-likeness (QED) is 0.770. The fraction of sp³-hybridized carbons (Fsp3) is 0.727. The average Bonchev–Trinajstić information content (AvgIpc) is 2.87. The van der Waals surface area contributed by atoms with Crippen LogP contribution in [0.4, 0.5) is 0 Å². The van der Waals surface area contributed by atoms with E-state index in [4.69, 9.17) is 0 Å². The normalized spacial score (nSPS) is 26.8. The molecule has 1 fully saturated rings. The molecule has 4 nitrogen and oxygen atoms in total. The molecule has 3 heterocycles. The Bertz CT molecular complexity index is 327. The van der Waals surface area contributed by atoms with E-state index in [1.54, 1.807) is 0 Å². The topological polar surface area (TPSA) is 33.1 Å². The van der Waals surface area contributed by atoms with E-state index in [0.29, 0.717) is 6.04 Å². The van der Waals surface area contributed by atoms with Gasteiger partial charge in [0.1, 0.15) is 5.82 Å². The number of nitrogens with one attached hydrogen (secondary N) is 1. The Balaban J connectivity index is 1.72. The predicted molar refractivity (Wildman–Crippen MR) is 58.6 cm³/mol. The second-order valence-corrected chi connectivity index (χ2v) is 4.49. The Hall–Kier alpha value is -0.870. The fourth-order valence-electron chi connectivity index (χ4n) is 2.64. The van der Waals surface area contributed by atoms with E-state index in [1.165, 1.54) is 31.8 Å². The lowest BCUT2D eigenvalue weighted by Gasteiger charge is -2.28. The van der Waals surface area contributed by atoms with Crippen molar-refractivity contribution in [2.24, 2.45) is 0 Å². The standard InChI is InChI=1S/C11H18N4/c1-2-6-14(5-1)9-10-11-13-4-8-15(11)7-3-12-10/h4,8,10,12H,1-3,5-7,9H2. The molecule has 1 saturated heterocycles. The van der Waals surface area contributed by atoms with Crippen LogP contribution in [-0.4, -0.2) is 40.6 Å². The highest BCUT2D eigenvalue weighted by molar-refractivity contribution is 5.03. The molecule has 2 aliphatic rings. The maximum Gasteiger partial charge on any atom is 0.127 e. The van der Waals surface area contributed by atoms with Gasteiger partial charge in [-0.25, -0.2) is 4.98 Å². The maximum absolute atomic E-state index is 4.45. The van der Waals surface area contributed by atoms with Crippen LogP contribution in [0, 0.1) is 0 Å². The second kappa shape index (κ2) is 3.94. The number of nitrogens with zero attached hydrogens (tertiary/aromatic N) is 3. The first-order valence-electron chi connectivity index (χ1n) is 5.90. The molecule has 0 saturated carbocycles. The van der Waals surface area contributed by atoms with Crippen LogP contribution in [0.1, 0.15) is 24.7 Å². The molecule has 0 radical (unpaired) electrons. The van der Waals surface area contributed by atoms with E-state index in [9.17, 15) is 0 Å². The number of imidazole rings is 1. The Morgan fingerprint density at radius 1 is 1.33 bits per heavy atom. The van der Waals surface area contributed by atoms with Crippen LogP contribution in [0.2, 0.25) is 0 Å². The van der Waals surface area contributed by atoms with Crippen LogP contribution >= 0.6 is 0 Å². The minimum atomic E-state index is 0.437. The molecule has 0 amide bonds. The van der Waals surface area contributed by atoms with Crippen molar-refractivity contribution in [1.82, 2.24) is 19.8 Å². The number of fused-ring (bicyclic) bond motifs is 1. The Kier molecular flexibility index (Phi) is 2.46. The molecule has 0 bridgehead atoms. The van der Waals surface area contributed by atoms with Crippen LogP contribution in [-0.2, 0) is 6.54 Å². The van der Waals surface area contributed by atoms with Gasteiger partial charge < -0.3 is 14.8 Å². The molecule has 0 aromatic carbocycles. The second-order valence-electron chi connectivity index (χ2n) is 4.49. The average molecular weight is 206 g/mol. The molecule has 1 N–H and O–H groups in total. The fourth-order valence-corrected chi connectivity index (χ4v) is 2.64. The van der Waals surface area contributed by atoms with Crippen molar-refractivity contribution < 1.29 is 0 Å². The predicted octanol–water partition coefficient (Wildman–Crippen LogP) is 0.623. The van der Waals surface area contributed by atoms with Crippen molar-refractivity contribution in [3.63, 3.8) is 0 Å². The SMILES string of the molecule is c1cn2c(n1)C(CN1CCCC1)NCC2. The van der Waals surface area contributed by atoms with Crippen LogP contribution in [0.5, 0.6) is 0 Å². The molecule has 4 heteroatoms. The van der Waals surface area contributed by atoms with E-state index < -0.39 is 0 Å². The first kappa shape index (κ1) is 9.36. The van der Waals surface area contributed by atoms with Gasteiger partial charge in [-0.05, 0) is 25.9 Å². The highest BCUT2D eigenvalue weighted by atomic mass is 15.2. The summed E-state index contributed by atoms with van der Waals surface area (Å²) in [5, 5.41) is 3.56. The Morgan fingerprint density at radius 2 is 2.20 bits per heavy atom. The van der Waals surface area contributed by atoms with Gasteiger partial charge in [-0.1, -0.05) is 0 Å². The van der Waals surface area contributed by atoms with Gasteiger partial charge >= 0.3 is 0 Å². The Morgan fingerprint density at radius 3 is 3.07 bits per heavy atom. The zero-order chi connectivity index (χ0) is 10.1. The van der Waals surface area contributed by atoms with Crippen LogP contribution in [0.15, 0.2) is 12.4 Å². The molecule has 0 aliphatic carbocycles. The molecular weight excluding hydrogens is 188 g/mol. The van der Waals surface area contributed by atoms with Gasteiger partial charge in [-0.3, -0.25) is 0 Å². The molecular formula is C11H18N4. The van der Waals surface area contributed by atoms with Crippen LogP contribution in [0.3, 0.4) is 0 Å².